The van der Waals surface area contributed by atoms with Crippen molar-refractivity contribution in [1.29, 1.82) is 5.26 Å². The summed E-state index contributed by atoms with van der Waals surface area (Å²) >= 11 is 0. The third-order valence-corrected chi connectivity index (χ3v) is 5.07. The lowest BCUT2D eigenvalue weighted by molar-refractivity contribution is -0.112. The van der Waals surface area contributed by atoms with Gasteiger partial charge in [-0.1, -0.05) is 24.3 Å². The van der Waals surface area contributed by atoms with E-state index in [0.29, 0.717) is 11.1 Å². The lowest BCUT2D eigenvalue weighted by atomic mass is 10.1. The molecule has 0 spiro atoms. The third kappa shape index (κ3) is 3.29. The lowest BCUT2D eigenvalue weighted by Crippen LogP contribution is -2.13. The molecule has 0 saturated carbocycles. The van der Waals surface area contributed by atoms with Gasteiger partial charge in [-0.25, -0.2) is 8.42 Å². The summed E-state index contributed by atoms with van der Waals surface area (Å²) in [5.41, 5.74) is 0.913. The maximum atomic E-state index is 12.3. The minimum Gasteiger partial charge on any atom is -0.507 e. The average Bonchev–Trinajstić information content (AvgIpc) is 2.89. The number of carbonyl (C=O) groups is 1. The van der Waals surface area contributed by atoms with E-state index in [4.69, 9.17) is 0 Å². The van der Waals surface area contributed by atoms with Crippen LogP contribution >= 0.6 is 0 Å². The minimum atomic E-state index is -3.49. The molecule has 1 amide bonds. The van der Waals surface area contributed by atoms with E-state index in [1.807, 2.05) is 0 Å². The molecular weight excluding hydrogens is 340 g/mol. The molecule has 0 bridgehead atoms. The number of phenolic OH excluding ortho intramolecular Hbond substituents is 1. The van der Waals surface area contributed by atoms with E-state index in [-0.39, 0.29) is 21.9 Å². The fourth-order valence-corrected chi connectivity index (χ4v) is 3.57. The smallest absolute Gasteiger partial charge is 0.266 e. The molecule has 6 nitrogen and oxygen atoms in total. The van der Waals surface area contributed by atoms with Crippen LogP contribution in [0.4, 0.5) is 5.69 Å². The van der Waals surface area contributed by atoms with Gasteiger partial charge in [-0.3, -0.25) is 4.79 Å². The first-order valence-electron chi connectivity index (χ1n) is 7.19. The van der Waals surface area contributed by atoms with Crippen molar-refractivity contribution in [2.45, 2.75) is 4.90 Å². The van der Waals surface area contributed by atoms with E-state index in [1.165, 1.54) is 24.3 Å². The molecule has 3 rings (SSSR count). The van der Waals surface area contributed by atoms with Gasteiger partial charge in [0.25, 0.3) is 5.91 Å². The second kappa shape index (κ2) is 6.26. The number of nitriles is 1. The Morgan fingerprint density at radius 1 is 1.20 bits per heavy atom. The maximum absolute atomic E-state index is 12.3. The highest BCUT2D eigenvalue weighted by molar-refractivity contribution is 7.94. The summed E-state index contributed by atoms with van der Waals surface area (Å²) < 4.78 is 23.7. The molecule has 124 valence electrons. The van der Waals surface area contributed by atoms with Crippen LogP contribution in [-0.2, 0) is 14.6 Å². The van der Waals surface area contributed by atoms with E-state index in [2.05, 4.69) is 5.32 Å². The van der Waals surface area contributed by atoms with Crippen LogP contribution in [0.15, 0.2) is 58.3 Å². The van der Waals surface area contributed by atoms with Gasteiger partial charge in [0, 0.05) is 16.7 Å². The summed E-state index contributed by atoms with van der Waals surface area (Å²) in [5.74, 6) is -0.758. The van der Waals surface area contributed by atoms with Crippen LogP contribution < -0.4 is 5.32 Å². The van der Waals surface area contributed by atoms with E-state index >= 15 is 0 Å². The molecule has 0 fully saturated rings. The zero-order valence-electron chi connectivity index (χ0n) is 12.8. The molecule has 1 heterocycles. The van der Waals surface area contributed by atoms with E-state index < -0.39 is 15.7 Å². The predicted octanol–water partition coefficient (Wildman–Crippen LogP) is 2.70. The first-order valence-corrected chi connectivity index (χ1v) is 8.74. The number of aromatic hydroxyl groups is 1. The molecule has 2 aromatic rings. The summed E-state index contributed by atoms with van der Waals surface area (Å²) in [7, 11) is -3.49. The highest BCUT2D eigenvalue weighted by Gasteiger charge is 2.21. The van der Waals surface area contributed by atoms with Gasteiger partial charge >= 0.3 is 0 Å². The van der Waals surface area contributed by atoms with Crippen LogP contribution in [0.25, 0.3) is 12.2 Å². The van der Waals surface area contributed by atoms with E-state index in [1.54, 1.807) is 36.4 Å². The van der Waals surface area contributed by atoms with Crippen molar-refractivity contribution in [2.75, 3.05) is 5.32 Å². The Morgan fingerprint density at radius 2 is 1.96 bits per heavy atom. The number of hydrogen-bond acceptors (Lipinski definition) is 5. The average molecular weight is 352 g/mol. The molecule has 2 aromatic carbocycles. The predicted molar refractivity (Wildman–Crippen MR) is 93.0 cm³/mol. The van der Waals surface area contributed by atoms with Crippen LogP contribution in [0.5, 0.6) is 5.75 Å². The lowest BCUT2D eigenvalue weighted by Gasteiger charge is -2.07. The van der Waals surface area contributed by atoms with Crippen molar-refractivity contribution >= 4 is 33.6 Å². The Labute approximate surface area is 144 Å². The van der Waals surface area contributed by atoms with Crippen LogP contribution in [-0.4, -0.2) is 19.4 Å². The molecule has 1 aliphatic rings. The first kappa shape index (κ1) is 16.5. The highest BCUT2D eigenvalue weighted by atomic mass is 32.2. The number of rotatable bonds is 3. The quantitative estimate of drug-likeness (QED) is 0.652. The molecule has 0 unspecified atom stereocenters. The van der Waals surface area contributed by atoms with Crippen LogP contribution in [0.3, 0.4) is 0 Å². The number of hydrogen-bond donors (Lipinski definition) is 2. The molecule has 25 heavy (non-hydrogen) atoms. The molecular formula is C18H12N2O4S. The van der Waals surface area contributed by atoms with Crippen LogP contribution in [0.2, 0.25) is 0 Å². The Kier molecular flexibility index (Phi) is 4.13. The Hall–Kier alpha value is -3.37. The van der Waals surface area contributed by atoms with Crippen molar-refractivity contribution in [1.82, 2.24) is 0 Å². The Morgan fingerprint density at radius 3 is 2.68 bits per heavy atom. The highest BCUT2D eigenvalue weighted by Crippen LogP contribution is 2.29. The summed E-state index contributed by atoms with van der Waals surface area (Å²) in [6.45, 7) is 0. The fraction of sp³-hybridized carbons (Fsp3) is 0. The topological polar surface area (TPSA) is 107 Å². The zero-order chi connectivity index (χ0) is 18.0. The molecule has 0 saturated heterocycles. The summed E-state index contributed by atoms with van der Waals surface area (Å²) in [6, 6.07) is 12.5. The van der Waals surface area contributed by atoms with Crippen molar-refractivity contribution in [3.63, 3.8) is 0 Å². The van der Waals surface area contributed by atoms with Gasteiger partial charge in [0.2, 0.25) is 9.84 Å². The zero-order valence-corrected chi connectivity index (χ0v) is 13.6. The fourth-order valence-electron chi connectivity index (χ4n) is 2.34. The molecule has 0 atom stereocenters. The standard InChI is InChI=1S/C18H12N2O4S/c19-11-14(9-13-3-1-2-4-16(13)21)18(22)20-15-6-5-12-7-8-25(23,24)17(12)10-15/h1-10,21H,(H,20,22). The van der Waals surface area contributed by atoms with Crippen LogP contribution in [0, 0.1) is 11.3 Å². The molecule has 0 radical (unpaired) electrons. The molecule has 1 aliphatic heterocycles. The van der Waals surface area contributed by atoms with Crippen molar-refractivity contribution in [2.24, 2.45) is 0 Å². The van der Waals surface area contributed by atoms with E-state index in [0.717, 1.165) is 5.41 Å². The van der Waals surface area contributed by atoms with Gasteiger partial charge in [-0.15, -0.1) is 0 Å². The number of benzene rings is 2. The number of phenols is 1. The monoisotopic (exact) mass is 352 g/mol. The number of fused-ring (bicyclic) bond motifs is 1. The molecule has 0 aromatic heterocycles. The van der Waals surface area contributed by atoms with Gasteiger partial charge in [0.1, 0.15) is 17.4 Å². The second-order valence-corrected chi connectivity index (χ2v) is 7.09. The van der Waals surface area contributed by atoms with Gasteiger partial charge in [0.05, 0.1) is 4.90 Å². The minimum absolute atomic E-state index is 0.0576. The maximum Gasteiger partial charge on any atom is 0.266 e. The summed E-state index contributed by atoms with van der Waals surface area (Å²) in [5, 5.41) is 22.5. The number of amides is 1. The summed E-state index contributed by atoms with van der Waals surface area (Å²) in [4.78, 5) is 12.4. The van der Waals surface area contributed by atoms with Crippen molar-refractivity contribution in [3.8, 4) is 11.8 Å². The van der Waals surface area contributed by atoms with Crippen molar-refractivity contribution < 1.29 is 18.3 Å². The van der Waals surface area contributed by atoms with Crippen molar-refractivity contribution in [3.05, 3.63) is 64.6 Å². The number of nitrogens with zero attached hydrogens (tertiary/aromatic N) is 1. The molecule has 0 aliphatic carbocycles. The molecule has 2 N–H and O–H groups in total. The molecule has 7 heteroatoms. The van der Waals surface area contributed by atoms with Gasteiger partial charge in [0.15, 0.2) is 0 Å². The van der Waals surface area contributed by atoms with E-state index in [9.17, 15) is 23.6 Å². The second-order valence-electron chi connectivity index (χ2n) is 5.28. The summed E-state index contributed by atoms with van der Waals surface area (Å²) in [6.07, 6.45) is 2.74. The number of carbonyl (C=O) groups excluding carboxylic acids is 1. The third-order valence-electron chi connectivity index (χ3n) is 3.61. The number of para-hydroxylation sites is 1. The number of anilines is 1. The van der Waals surface area contributed by atoms with Gasteiger partial charge in [-0.05, 0) is 35.9 Å². The largest absolute Gasteiger partial charge is 0.507 e. The number of sulfone groups is 1. The number of nitrogens with one attached hydrogen (secondary N) is 1. The van der Waals surface area contributed by atoms with Gasteiger partial charge in [-0.2, -0.15) is 5.26 Å². The van der Waals surface area contributed by atoms with Gasteiger partial charge < -0.3 is 10.4 Å². The normalized spacial score (nSPS) is 14.6. The SMILES string of the molecule is N#CC(=Cc1ccccc1O)C(=O)Nc1ccc2c(c1)S(=O)(=O)C=C2. The Bertz CT molecular complexity index is 1080. The Balaban J connectivity index is 1.88. The first-order chi connectivity index (χ1) is 11.9. The van der Waals surface area contributed by atoms with Crippen LogP contribution in [0.1, 0.15) is 11.1 Å².